The molecule has 0 saturated heterocycles. The predicted octanol–water partition coefficient (Wildman–Crippen LogP) is 4.97. The monoisotopic (exact) mass is 576 g/mol. The van der Waals surface area contributed by atoms with E-state index in [1.807, 2.05) is 0 Å². The Hall–Kier alpha value is -3.37. The van der Waals surface area contributed by atoms with Crippen LogP contribution in [-0.4, -0.2) is 35.4 Å². The number of hydrogen-bond donors (Lipinski definition) is 3. The summed E-state index contributed by atoms with van der Waals surface area (Å²) in [6, 6.07) is 14.5. The third-order valence-corrected chi connectivity index (χ3v) is 5.65. The molecule has 0 unspecified atom stereocenters. The van der Waals surface area contributed by atoms with Crippen LogP contribution in [0, 0.1) is 0 Å². The van der Waals surface area contributed by atoms with Crippen LogP contribution in [0.4, 0.5) is 0 Å². The molecule has 3 N–H and O–H groups in total. The second kappa shape index (κ2) is 11.0. The lowest BCUT2D eigenvalue weighted by Gasteiger charge is -2.11. The number of carboxylic acid groups (broad SMARTS) is 1. The molecule has 0 radical (unpaired) electrons. The van der Waals surface area contributed by atoms with E-state index in [1.54, 1.807) is 30.3 Å². The first-order valence-electron chi connectivity index (χ1n) is 9.43. The first kappa shape index (κ1) is 24.3. The highest BCUT2D eigenvalue weighted by Crippen LogP contribution is 2.33. The summed E-state index contributed by atoms with van der Waals surface area (Å²) in [5.41, 5.74) is 4.41. The number of amides is 1. The van der Waals surface area contributed by atoms with Crippen molar-refractivity contribution in [2.75, 3.05) is 7.11 Å². The highest BCUT2D eigenvalue weighted by Gasteiger charge is 2.11. The molecule has 3 rings (SSSR count). The number of ether oxygens (including phenoxy) is 2. The van der Waals surface area contributed by atoms with E-state index < -0.39 is 11.9 Å². The number of hydrazone groups is 1. The Labute approximate surface area is 206 Å². The van der Waals surface area contributed by atoms with Crippen LogP contribution in [0.15, 0.2) is 68.6 Å². The topological polar surface area (TPSA) is 117 Å². The Morgan fingerprint density at radius 1 is 1.00 bits per heavy atom. The van der Waals surface area contributed by atoms with Crippen molar-refractivity contribution in [3.05, 3.63) is 85.8 Å². The number of phenols is 1. The van der Waals surface area contributed by atoms with E-state index in [0.717, 1.165) is 5.56 Å². The summed E-state index contributed by atoms with van der Waals surface area (Å²) in [4.78, 5) is 23.2. The van der Waals surface area contributed by atoms with Gasteiger partial charge in [0, 0.05) is 5.56 Å². The van der Waals surface area contributed by atoms with Crippen molar-refractivity contribution >= 4 is 50.0 Å². The van der Waals surface area contributed by atoms with Gasteiger partial charge in [0.15, 0.2) is 11.5 Å². The molecule has 0 atom stereocenters. The van der Waals surface area contributed by atoms with E-state index in [9.17, 15) is 14.7 Å². The molecule has 3 aromatic carbocycles. The summed E-state index contributed by atoms with van der Waals surface area (Å²) in [6.45, 7) is 0.234. The molecule has 0 heterocycles. The van der Waals surface area contributed by atoms with Crippen molar-refractivity contribution in [2.45, 2.75) is 6.61 Å². The zero-order valence-corrected chi connectivity index (χ0v) is 20.4. The second-order valence-electron chi connectivity index (χ2n) is 6.69. The SMILES string of the molecule is COc1cc(/C=N\NC(=O)c2cc(Br)c(O)c(Br)c2)ccc1OCc1ccc(C(=O)O)cc1. The number of hydrogen-bond acceptors (Lipinski definition) is 6. The first-order chi connectivity index (χ1) is 15.8. The number of methoxy groups -OCH3 is 1. The van der Waals surface area contributed by atoms with Crippen molar-refractivity contribution in [2.24, 2.45) is 5.10 Å². The lowest BCUT2D eigenvalue weighted by atomic mass is 10.1. The Kier molecular flexibility index (Phi) is 8.07. The number of carbonyl (C=O) groups is 2. The minimum atomic E-state index is -0.985. The number of aromatic carboxylic acids is 1. The normalized spacial score (nSPS) is 10.8. The number of phenolic OH excluding ortho intramolecular Hbond substituents is 1. The van der Waals surface area contributed by atoms with Crippen molar-refractivity contribution < 1.29 is 29.3 Å². The van der Waals surface area contributed by atoms with Crippen LogP contribution in [0.5, 0.6) is 17.2 Å². The van der Waals surface area contributed by atoms with E-state index in [2.05, 4.69) is 42.4 Å². The maximum absolute atomic E-state index is 12.3. The smallest absolute Gasteiger partial charge is 0.335 e. The molecular formula is C23H18Br2N2O6. The molecule has 8 nitrogen and oxygen atoms in total. The van der Waals surface area contributed by atoms with Gasteiger partial charge in [-0.05, 0) is 85.5 Å². The molecule has 0 bridgehead atoms. The highest BCUT2D eigenvalue weighted by atomic mass is 79.9. The minimum Gasteiger partial charge on any atom is -0.506 e. The standard InChI is InChI=1S/C23H18Br2N2O6/c1-32-20-8-14(11-26-27-22(29)16-9-17(24)21(28)18(25)10-16)4-7-19(20)33-12-13-2-5-15(6-3-13)23(30)31/h2-11,28H,12H2,1H3,(H,27,29)(H,30,31)/b26-11-. The number of carbonyl (C=O) groups excluding carboxylic acids is 1. The van der Waals surface area contributed by atoms with Gasteiger partial charge in [-0.3, -0.25) is 4.79 Å². The Morgan fingerprint density at radius 2 is 1.67 bits per heavy atom. The van der Waals surface area contributed by atoms with Crippen molar-refractivity contribution in [3.8, 4) is 17.2 Å². The molecule has 0 spiro atoms. The summed E-state index contributed by atoms with van der Waals surface area (Å²) in [7, 11) is 1.51. The average molecular weight is 578 g/mol. The molecular weight excluding hydrogens is 560 g/mol. The molecule has 10 heteroatoms. The number of halogens is 2. The van der Waals surface area contributed by atoms with E-state index in [-0.39, 0.29) is 17.9 Å². The summed E-state index contributed by atoms with van der Waals surface area (Å²) in [5.74, 6) is -0.463. The first-order valence-corrected chi connectivity index (χ1v) is 11.0. The Balaban J connectivity index is 1.63. The van der Waals surface area contributed by atoms with Gasteiger partial charge in [-0.15, -0.1) is 0 Å². The van der Waals surface area contributed by atoms with E-state index in [1.165, 1.54) is 37.6 Å². The van der Waals surface area contributed by atoms with E-state index >= 15 is 0 Å². The average Bonchev–Trinajstić information content (AvgIpc) is 2.81. The van der Waals surface area contributed by atoms with Gasteiger partial charge < -0.3 is 19.7 Å². The fourth-order valence-electron chi connectivity index (χ4n) is 2.71. The number of rotatable bonds is 8. The van der Waals surface area contributed by atoms with Crippen LogP contribution >= 0.6 is 31.9 Å². The number of nitrogens with zero attached hydrogens (tertiary/aromatic N) is 1. The van der Waals surface area contributed by atoms with Gasteiger partial charge >= 0.3 is 5.97 Å². The van der Waals surface area contributed by atoms with Crippen molar-refractivity contribution in [1.82, 2.24) is 5.43 Å². The molecule has 170 valence electrons. The fourth-order valence-corrected chi connectivity index (χ4v) is 3.90. The fraction of sp³-hybridized carbons (Fsp3) is 0.0870. The third-order valence-electron chi connectivity index (χ3n) is 4.44. The van der Waals surface area contributed by atoms with Gasteiger partial charge in [0.25, 0.3) is 5.91 Å². The molecule has 0 fully saturated rings. The number of aromatic hydroxyl groups is 1. The van der Waals surface area contributed by atoms with Crippen LogP contribution in [0.25, 0.3) is 0 Å². The van der Waals surface area contributed by atoms with Crippen LogP contribution in [0.1, 0.15) is 31.8 Å². The van der Waals surface area contributed by atoms with E-state index in [0.29, 0.717) is 31.6 Å². The Morgan fingerprint density at radius 3 is 2.27 bits per heavy atom. The molecule has 0 aliphatic carbocycles. The molecule has 0 saturated carbocycles. The Bertz CT molecular complexity index is 1190. The molecule has 3 aromatic rings. The van der Waals surface area contributed by atoms with Gasteiger partial charge in [-0.1, -0.05) is 12.1 Å². The zero-order chi connectivity index (χ0) is 24.0. The highest BCUT2D eigenvalue weighted by molar-refractivity contribution is 9.11. The quantitative estimate of drug-likeness (QED) is 0.257. The van der Waals surface area contributed by atoms with E-state index in [4.69, 9.17) is 14.6 Å². The van der Waals surface area contributed by atoms with Gasteiger partial charge in [-0.2, -0.15) is 5.10 Å². The number of benzene rings is 3. The van der Waals surface area contributed by atoms with Crippen LogP contribution < -0.4 is 14.9 Å². The van der Waals surface area contributed by atoms with Gasteiger partial charge in [0.2, 0.25) is 0 Å². The lowest BCUT2D eigenvalue weighted by molar-refractivity contribution is 0.0696. The largest absolute Gasteiger partial charge is 0.506 e. The molecule has 0 aliphatic heterocycles. The van der Waals surface area contributed by atoms with Crippen LogP contribution in [-0.2, 0) is 6.61 Å². The zero-order valence-electron chi connectivity index (χ0n) is 17.2. The second-order valence-corrected chi connectivity index (χ2v) is 8.40. The summed E-state index contributed by atoms with van der Waals surface area (Å²) >= 11 is 6.36. The molecule has 0 aliphatic rings. The third kappa shape index (κ3) is 6.33. The van der Waals surface area contributed by atoms with Crippen molar-refractivity contribution in [3.63, 3.8) is 0 Å². The molecule has 33 heavy (non-hydrogen) atoms. The van der Waals surface area contributed by atoms with Crippen LogP contribution in [0.2, 0.25) is 0 Å². The van der Waals surface area contributed by atoms with Gasteiger partial charge in [-0.25, -0.2) is 10.2 Å². The van der Waals surface area contributed by atoms with Crippen LogP contribution in [0.3, 0.4) is 0 Å². The maximum atomic E-state index is 12.3. The molecule has 1 amide bonds. The maximum Gasteiger partial charge on any atom is 0.335 e. The lowest BCUT2D eigenvalue weighted by Crippen LogP contribution is -2.17. The predicted molar refractivity (Wildman–Crippen MR) is 129 cm³/mol. The summed E-state index contributed by atoms with van der Waals surface area (Å²) in [5, 5.41) is 22.7. The number of nitrogens with one attached hydrogen (secondary N) is 1. The van der Waals surface area contributed by atoms with Gasteiger partial charge in [0.1, 0.15) is 12.4 Å². The van der Waals surface area contributed by atoms with Gasteiger partial charge in [0.05, 0.1) is 27.8 Å². The minimum absolute atomic E-state index is 0.00160. The summed E-state index contributed by atoms with van der Waals surface area (Å²) < 4.78 is 11.9. The molecule has 0 aromatic heterocycles. The summed E-state index contributed by atoms with van der Waals surface area (Å²) in [6.07, 6.45) is 1.46. The van der Waals surface area contributed by atoms with Crippen molar-refractivity contribution in [1.29, 1.82) is 0 Å². The number of carboxylic acids is 1.